The summed E-state index contributed by atoms with van der Waals surface area (Å²) >= 11 is 0. The van der Waals surface area contributed by atoms with Crippen LogP contribution in [0, 0.1) is 0 Å². The molecule has 0 unspecified atom stereocenters. The Morgan fingerprint density at radius 2 is 2.13 bits per heavy atom. The number of alkyl halides is 1. The van der Waals surface area contributed by atoms with E-state index in [0.29, 0.717) is 11.2 Å². The molecule has 2 rings (SSSR count). The molecule has 2 aromatic heterocycles. The topological polar surface area (TPSA) is 17.3 Å². The zero-order valence-corrected chi connectivity index (χ0v) is 9.29. The summed E-state index contributed by atoms with van der Waals surface area (Å²) in [5.41, 5.74) is 2.53. The average Bonchev–Trinajstić information content (AvgIpc) is 2.62. The minimum Gasteiger partial charge on any atom is -0.307 e. The van der Waals surface area contributed by atoms with Crippen LogP contribution in [0.5, 0.6) is 0 Å². The Hall–Kier alpha value is -1.38. The van der Waals surface area contributed by atoms with E-state index in [-0.39, 0.29) is 5.41 Å². The van der Waals surface area contributed by atoms with Crippen LogP contribution in [0.3, 0.4) is 0 Å². The van der Waals surface area contributed by atoms with Crippen LogP contribution < -0.4 is 0 Å². The lowest BCUT2D eigenvalue weighted by atomic mass is 9.87. The summed E-state index contributed by atoms with van der Waals surface area (Å²) in [6.45, 7) is 5.89. The maximum atomic E-state index is 12.8. The number of imidazole rings is 1. The SMILES string of the molecule is CC(C)(C)c1cc(CF)c2nccn2c1. The van der Waals surface area contributed by atoms with Gasteiger partial charge >= 0.3 is 0 Å². The van der Waals surface area contributed by atoms with Crippen LogP contribution in [0.2, 0.25) is 0 Å². The molecular weight excluding hydrogens is 191 g/mol. The van der Waals surface area contributed by atoms with Crippen LogP contribution in [-0.4, -0.2) is 9.38 Å². The average molecular weight is 206 g/mol. The van der Waals surface area contributed by atoms with Crippen LogP contribution in [0.25, 0.3) is 5.65 Å². The number of fused-ring (bicyclic) bond motifs is 1. The predicted octanol–water partition coefficient (Wildman–Crippen LogP) is 3.10. The summed E-state index contributed by atoms with van der Waals surface area (Å²) < 4.78 is 14.7. The zero-order chi connectivity index (χ0) is 11.1. The van der Waals surface area contributed by atoms with Crippen LogP contribution in [0.15, 0.2) is 24.7 Å². The summed E-state index contributed by atoms with van der Waals surface area (Å²) in [5, 5.41) is 0. The molecule has 0 fully saturated rings. The van der Waals surface area contributed by atoms with Gasteiger partial charge in [-0.25, -0.2) is 9.37 Å². The third kappa shape index (κ3) is 1.74. The Balaban J connectivity index is 2.69. The molecule has 15 heavy (non-hydrogen) atoms. The highest BCUT2D eigenvalue weighted by Crippen LogP contribution is 2.24. The molecule has 0 atom stereocenters. The van der Waals surface area contributed by atoms with E-state index in [9.17, 15) is 4.39 Å². The quantitative estimate of drug-likeness (QED) is 0.700. The van der Waals surface area contributed by atoms with E-state index in [1.807, 2.05) is 22.9 Å². The largest absolute Gasteiger partial charge is 0.307 e. The lowest BCUT2D eigenvalue weighted by Crippen LogP contribution is -2.12. The van der Waals surface area contributed by atoms with Gasteiger partial charge in [-0.1, -0.05) is 20.8 Å². The third-order valence-electron chi connectivity index (χ3n) is 2.57. The van der Waals surface area contributed by atoms with Crippen molar-refractivity contribution in [1.82, 2.24) is 9.38 Å². The van der Waals surface area contributed by atoms with Gasteiger partial charge in [0.15, 0.2) is 0 Å². The second kappa shape index (κ2) is 3.33. The van der Waals surface area contributed by atoms with Crippen LogP contribution in [0.4, 0.5) is 4.39 Å². The Kier molecular flexibility index (Phi) is 2.25. The summed E-state index contributed by atoms with van der Waals surface area (Å²) in [7, 11) is 0. The van der Waals surface area contributed by atoms with E-state index in [0.717, 1.165) is 5.56 Å². The highest BCUT2D eigenvalue weighted by atomic mass is 19.1. The van der Waals surface area contributed by atoms with E-state index < -0.39 is 6.67 Å². The number of aromatic nitrogens is 2. The van der Waals surface area contributed by atoms with Gasteiger partial charge in [0.2, 0.25) is 0 Å². The first-order valence-electron chi connectivity index (χ1n) is 5.04. The highest BCUT2D eigenvalue weighted by Gasteiger charge is 2.16. The zero-order valence-electron chi connectivity index (χ0n) is 9.29. The summed E-state index contributed by atoms with van der Waals surface area (Å²) in [6.07, 6.45) is 5.56. The Bertz CT molecular complexity index is 480. The Labute approximate surface area is 88.8 Å². The van der Waals surface area contributed by atoms with E-state index in [4.69, 9.17) is 0 Å². The first kappa shape index (κ1) is 10.1. The van der Waals surface area contributed by atoms with Gasteiger partial charge in [-0.15, -0.1) is 0 Å². The van der Waals surface area contributed by atoms with Crippen molar-refractivity contribution in [1.29, 1.82) is 0 Å². The summed E-state index contributed by atoms with van der Waals surface area (Å²) in [4.78, 5) is 4.14. The van der Waals surface area contributed by atoms with Crippen LogP contribution >= 0.6 is 0 Å². The number of hydrogen-bond donors (Lipinski definition) is 0. The molecule has 0 N–H and O–H groups in total. The lowest BCUT2D eigenvalue weighted by molar-refractivity contribution is 0.484. The van der Waals surface area contributed by atoms with Crippen LogP contribution in [-0.2, 0) is 12.1 Å². The van der Waals surface area contributed by atoms with E-state index in [1.54, 1.807) is 6.20 Å². The Morgan fingerprint density at radius 1 is 1.40 bits per heavy atom. The predicted molar refractivity (Wildman–Crippen MR) is 58.7 cm³/mol. The van der Waals surface area contributed by atoms with Crippen molar-refractivity contribution in [2.24, 2.45) is 0 Å². The van der Waals surface area contributed by atoms with Gasteiger partial charge in [-0.3, -0.25) is 0 Å². The molecule has 2 aromatic rings. The van der Waals surface area contributed by atoms with Crippen molar-refractivity contribution in [3.63, 3.8) is 0 Å². The third-order valence-corrected chi connectivity index (χ3v) is 2.57. The molecule has 0 aliphatic heterocycles. The molecule has 3 heteroatoms. The maximum absolute atomic E-state index is 12.8. The molecule has 0 radical (unpaired) electrons. The van der Waals surface area contributed by atoms with Gasteiger partial charge in [0.25, 0.3) is 0 Å². The number of pyridine rings is 1. The molecule has 2 heterocycles. The van der Waals surface area contributed by atoms with Crippen molar-refractivity contribution in [2.75, 3.05) is 0 Å². The van der Waals surface area contributed by atoms with Crippen molar-refractivity contribution in [3.05, 3.63) is 35.8 Å². The molecule has 0 aliphatic carbocycles. The van der Waals surface area contributed by atoms with Gasteiger partial charge in [-0.05, 0) is 17.0 Å². The fraction of sp³-hybridized carbons (Fsp3) is 0.417. The molecule has 0 aliphatic rings. The second-order valence-electron chi connectivity index (χ2n) is 4.80. The summed E-state index contributed by atoms with van der Waals surface area (Å²) in [6, 6.07) is 1.91. The smallest absolute Gasteiger partial charge is 0.142 e. The molecule has 80 valence electrons. The van der Waals surface area contributed by atoms with Crippen molar-refractivity contribution in [2.45, 2.75) is 32.9 Å². The highest BCUT2D eigenvalue weighted by molar-refractivity contribution is 5.49. The number of rotatable bonds is 1. The van der Waals surface area contributed by atoms with Crippen molar-refractivity contribution < 1.29 is 4.39 Å². The van der Waals surface area contributed by atoms with E-state index in [1.165, 1.54) is 0 Å². The standard InChI is InChI=1S/C12H15FN2/c1-12(2,3)10-6-9(7-13)11-14-4-5-15(11)8-10/h4-6,8H,7H2,1-3H3. The van der Waals surface area contributed by atoms with Crippen LogP contribution in [0.1, 0.15) is 31.9 Å². The first-order valence-corrected chi connectivity index (χ1v) is 5.04. The van der Waals surface area contributed by atoms with Gasteiger partial charge in [0, 0.05) is 24.2 Å². The van der Waals surface area contributed by atoms with E-state index >= 15 is 0 Å². The van der Waals surface area contributed by atoms with Gasteiger partial charge in [0.1, 0.15) is 12.3 Å². The molecule has 0 saturated heterocycles. The molecular formula is C12H15FN2. The van der Waals surface area contributed by atoms with Gasteiger partial charge in [0.05, 0.1) is 0 Å². The molecule has 0 spiro atoms. The fourth-order valence-corrected chi connectivity index (χ4v) is 1.61. The van der Waals surface area contributed by atoms with Gasteiger partial charge in [-0.2, -0.15) is 0 Å². The number of nitrogens with zero attached hydrogens (tertiary/aromatic N) is 2. The first-order chi connectivity index (χ1) is 7.02. The second-order valence-corrected chi connectivity index (χ2v) is 4.80. The molecule has 0 bridgehead atoms. The minimum atomic E-state index is -0.468. The molecule has 0 aromatic carbocycles. The normalized spacial score (nSPS) is 12.3. The Morgan fingerprint density at radius 3 is 2.73 bits per heavy atom. The molecule has 2 nitrogen and oxygen atoms in total. The van der Waals surface area contributed by atoms with E-state index in [2.05, 4.69) is 25.8 Å². The van der Waals surface area contributed by atoms with Crippen molar-refractivity contribution >= 4 is 5.65 Å². The minimum absolute atomic E-state index is 0.0301. The number of halogens is 1. The van der Waals surface area contributed by atoms with Gasteiger partial charge < -0.3 is 4.40 Å². The fourth-order valence-electron chi connectivity index (χ4n) is 1.61. The number of hydrogen-bond acceptors (Lipinski definition) is 1. The summed E-state index contributed by atoms with van der Waals surface area (Å²) in [5.74, 6) is 0. The van der Waals surface area contributed by atoms with Crippen molar-refractivity contribution in [3.8, 4) is 0 Å². The molecule has 0 amide bonds. The monoisotopic (exact) mass is 206 g/mol. The lowest BCUT2D eigenvalue weighted by Gasteiger charge is -2.20. The molecule has 0 saturated carbocycles. The maximum Gasteiger partial charge on any atom is 0.142 e.